The molecule has 0 radical (unpaired) electrons. The number of aliphatic carboxylic acids is 1. The molecule has 0 spiro atoms. The summed E-state index contributed by atoms with van der Waals surface area (Å²) in [5, 5.41) is 9.59. The Morgan fingerprint density at radius 1 is 1.40 bits per heavy atom. The summed E-state index contributed by atoms with van der Waals surface area (Å²) < 4.78 is 5.16. The van der Waals surface area contributed by atoms with Crippen LogP contribution in [0.5, 0.6) is 5.75 Å². The van der Waals surface area contributed by atoms with Crippen molar-refractivity contribution in [3.8, 4) is 5.75 Å². The van der Waals surface area contributed by atoms with Gasteiger partial charge in [0, 0.05) is 18.1 Å². The summed E-state index contributed by atoms with van der Waals surface area (Å²) in [6.07, 6.45) is 0. The van der Waals surface area contributed by atoms with Gasteiger partial charge in [-0.2, -0.15) is 0 Å². The number of ether oxygens (including phenoxy) is 1. The Morgan fingerprint density at radius 2 is 2.10 bits per heavy atom. The van der Waals surface area contributed by atoms with E-state index >= 15 is 0 Å². The minimum absolute atomic E-state index is 0.0604. The third-order valence-electron chi connectivity index (χ3n) is 3.61. The van der Waals surface area contributed by atoms with Gasteiger partial charge in [0.2, 0.25) is 0 Å². The normalized spacial score (nSPS) is 21.9. The summed E-state index contributed by atoms with van der Waals surface area (Å²) in [5.41, 5.74) is 0.398. The molecule has 5 nitrogen and oxygen atoms in total. The molecule has 1 amide bonds. The van der Waals surface area contributed by atoms with Crippen LogP contribution >= 0.6 is 11.6 Å². The molecule has 6 heteroatoms. The van der Waals surface area contributed by atoms with Crippen molar-refractivity contribution in [1.29, 1.82) is 0 Å². The molecule has 1 aromatic rings. The van der Waals surface area contributed by atoms with Gasteiger partial charge >= 0.3 is 5.97 Å². The molecule has 1 aliphatic heterocycles. The van der Waals surface area contributed by atoms with Crippen LogP contribution in [0.2, 0.25) is 5.02 Å². The van der Waals surface area contributed by atoms with E-state index in [1.165, 1.54) is 7.11 Å². The van der Waals surface area contributed by atoms with Gasteiger partial charge in [-0.05, 0) is 24.1 Å². The number of methoxy groups -OCH3 is 1. The molecule has 0 aliphatic carbocycles. The first kappa shape index (κ1) is 14.7. The van der Waals surface area contributed by atoms with Gasteiger partial charge in [0.05, 0.1) is 18.6 Å². The predicted octanol–water partition coefficient (Wildman–Crippen LogP) is 2.14. The van der Waals surface area contributed by atoms with Gasteiger partial charge in [-0.1, -0.05) is 18.5 Å². The molecular weight excluding hydrogens is 282 g/mol. The fourth-order valence-corrected chi connectivity index (χ4v) is 2.63. The lowest BCUT2D eigenvalue weighted by Gasteiger charge is -2.17. The summed E-state index contributed by atoms with van der Waals surface area (Å²) in [5.74, 6) is -1.27. The zero-order chi connectivity index (χ0) is 14.9. The number of hydrogen-bond donors (Lipinski definition) is 1. The molecule has 2 rings (SSSR count). The van der Waals surface area contributed by atoms with Gasteiger partial charge in [0.25, 0.3) is 5.91 Å². The number of rotatable bonds is 3. The number of carboxylic acid groups (broad SMARTS) is 1. The van der Waals surface area contributed by atoms with Gasteiger partial charge in [-0.25, -0.2) is 0 Å². The van der Waals surface area contributed by atoms with Crippen molar-refractivity contribution in [2.24, 2.45) is 11.8 Å². The number of hydrogen-bond acceptors (Lipinski definition) is 3. The predicted molar refractivity (Wildman–Crippen MR) is 74.2 cm³/mol. The van der Waals surface area contributed by atoms with E-state index in [9.17, 15) is 9.59 Å². The maximum Gasteiger partial charge on any atom is 0.308 e. The smallest absolute Gasteiger partial charge is 0.308 e. The molecule has 1 saturated heterocycles. The van der Waals surface area contributed by atoms with Crippen molar-refractivity contribution in [2.75, 3.05) is 20.2 Å². The Morgan fingerprint density at radius 3 is 2.65 bits per heavy atom. The summed E-state index contributed by atoms with van der Waals surface area (Å²) in [6, 6.07) is 4.79. The van der Waals surface area contributed by atoms with E-state index in [0.29, 0.717) is 22.9 Å². The van der Waals surface area contributed by atoms with Gasteiger partial charge in [-0.3, -0.25) is 9.59 Å². The van der Waals surface area contributed by atoms with Gasteiger partial charge < -0.3 is 14.7 Å². The van der Waals surface area contributed by atoms with Crippen molar-refractivity contribution in [1.82, 2.24) is 4.90 Å². The third kappa shape index (κ3) is 2.72. The van der Waals surface area contributed by atoms with Gasteiger partial charge in [0.1, 0.15) is 5.75 Å². The number of benzene rings is 1. The topological polar surface area (TPSA) is 66.8 Å². The van der Waals surface area contributed by atoms with Crippen LogP contribution in [0.15, 0.2) is 18.2 Å². The van der Waals surface area contributed by atoms with E-state index in [-0.39, 0.29) is 18.4 Å². The Balaban J connectivity index is 2.23. The molecular formula is C14H16ClNO4. The number of halogens is 1. The molecule has 1 N–H and O–H groups in total. The van der Waals surface area contributed by atoms with Crippen molar-refractivity contribution in [3.63, 3.8) is 0 Å². The first-order valence-electron chi connectivity index (χ1n) is 6.29. The van der Waals surface area contributed by atoms with E-state index in [0.717, 1.165) is 0 Å². The van der Waals surface area contributed by atoms with Crippen LogP contribution < -0.4 is 4.74 Å². The Labute approximate surface area is 122 Å². The second-order valence-electron chi connectivity index (χ2n) is 4.98. The largest absolute Gasteiger partial charge is 0.496 e. The number of carbonyl (C=O) groups excluding carboxylic acids is 1. The number of amides is 1. The highest BCUT2D eigenvalue weighted by atomic mass is 35.5. The lowest BCUT2D eigenvalue weighted by Crippen LogP contribution is -2.30. The molecule has 1 fully saturated rings. The molecule has 2 atom stereocenters. The maximum absolute atomic E-state index is 12.5. The molecule has 0 unspecified atom stereocenters. The van der Waals surface area contributed by atoms with Crippen molar-refractivity contribution in [3.05, 3.63) is 28.8 Å². The van der Waals surface area contributed by atoms with Crippen molar-refractivity contribution in [2.45, 2.75) is 6.92 Å². The second kappa shape index (κ2) is 5.71. The first-order chi connectivity index (χ1) is 9.43. The quantitative estimate of drug-likeness (QED) is 0.928. The van der Waals surface area contributed by atoms with Crippen LogP contribution in [-0.2, 0) is 4.79 Å². The van der Waals surface area contributed by atoms with E-state index in [1.54, 1.807) is 23.1 Å². The fraction of sp³-hybridized carbons (Fsp3) is 0.429. The van der Waals surface area contributed by atoms with Crippen molar-refractivity contribution < 1.29 is 19.4 Å². The van der Waals surface area contributed by atoms with E-state index in [2.05, 4.69) is 0 Å². The Bertz CT molecular complexity index is 546. The summed E-state index contributed by atoms with van der Waals surface area (Å²) in [4.78, 5) is 25.1. The minimum atomic E-state index is -0.865. The van der Waals surface area contributed by atoms with Crippen LogP contribution in [0, 0.1) is 11.8 Å². The molecule has 0 aromatic heterocycles. The summed E-state index contributed by atoms with van der Waals surface area (Å²) in [6.45, 7) is 2.49. The van der Waals surface area contributed by atoms with Crippen LogP contribution in [0.1, 0.15) is 17.3 Å². The molecule has 20 heavy (non-hydrogen) atoms. The number of carbonyl (C=O) groups is 2. The minimum Gasteiger partial charge on any atom is -0.496 e. The Hall–Kier alpha value is -1.75. The zero-order valence-electron chi connectivity index (χ0n) is 11.3. The van der Waals surface area contributed by atoms with Gasteiger partial charge in [-0.15, -0.1) is 0 Å². The van der Waals surface area contributed by atoms with E-state index < -0.39 is 11.9 Å². The van der Waals surface area contributed by atoms with Crippen molar-refractivity contribution >= 4 is 23.5 Å². The van der Waals surface area contributed by atoms with E-state index in [1.807, 2.05) is 6.92 Å². The first-order valence-corrected chi connectivity index (χ1v) is 6.67. The van der Waals surface area contributed by atoms with Crippen LogP contribution in [0.25, 0.3) is 0 Å². The molecule has 0 saturated carbocycles. The Kier molecular flexibility index (Phi) is 4.18. The van der Waals surface area contributed by atoms with Gasteiger partial charge in [0.15, 0.2) is 0 Å². The standard InChI is InChI=1S/C14H16ClNO4/c1-8-6-16(7-11(8)14(18)19)13(17)10-4-3-9(15)5-12(10)20-2/h3-5,8,11H,6-7H2,1-2H3,(H,18,19)/t8-,11-/m1/s1. The zero-order valence-corrected chi connectivity index (χ0v) is 12.1. The molecule has 1 aliphatic rings. The third-order valence-corrected chi connectivity index (χ3v) is 3.85. The monoisotopic (exact) mass is 297 g/mol. The summed E-state index contributed by atoms with van der Waals surface area (Å²) in [7, 11) is 1.47. The second-order valence-corrected chi connectivity index (χ2v) is 5.41. The highest BCUT2D eigenvalue weighted by molar-refractivity contribution is 6.30. The molecule has 108 valence electrons. The highest BCUT2D eigenvalue weighted by Gasteiger charge is 2.37. The SMILES string of the molecule is COc1cc(Cl)ccc1C(=O)N1C[C@@H](C)[C@H](C(=O)O)C1. The highest BCUT2D eigenvalue weighted by Crippen LogP contribution is 2.29. The average Bonchev–Trinajstić information content (AvgIpc) is 2.80. The lowest BCUT2D eigenvalue weighted by atomic mass is 9.99. The van der Waals surface area contributed by atoms with Crippen LogP contribution in [-0.4, -0.2) is 42.1 Å². The lowest BCUT2D eigenvalue weighted by molar-refractivity contribution is -0.142. The number of likely N-dealkylation sites (tertiary alicyclic amines) is 1. The van der Waals surface area contributed by atoms with Crippen LogP contribution in [0.4, 0.5) is 0 Å². The number of nitrogens with zero attached hydrogens (tertiary/aromatic N) is 1. The summed E-state index contributed by atoms with van der Waals surface area (Å²) >= 11 is 5.87. The maximum atomic E-state index is 12.5. The molecule has 1 aromatic carbocycles. The average molecular weight is 298 g/mol. The molecule has 0 bridgehead atoms. The fourth-order valence-electron chi connectivity index (χ4n) is 2.47. The van der Waals surface area contributed by atoms with E-state index in [4.69, 9.17) is 21.4 Å². The number of carboxylic acids is 1. The van der Waals surface area contributed by atoms with Crippen LogP contribution in [0.3, 0.4) is 0 Å². The molecule has 1 heterocycles.